The van der Waals surface area contributed by atoms with Gasteiger partial charge in [-0.1, -0.05) is 44.7 Å². The van der Waals surface area contributed by atoms with Crippen LogP contribution in [-0.4, -0.2) is 0 Å². The van der Waals surface area contributed by atoms with Crippen LogP contribution in [0.3, 0.4) is 0 Å². The SMILES string of the molecule is C=C/C=C(N)\C=C/C(=C)C(C)C. The van der Waals surface area contributed by atoms with E-state index < -0.39 is 0 Å². The molecule has 0 aliphatic rings. The fraction of sp³-hybridized carbons (Fsp3) is 0.273. The molecule has 0 heterocycles. The Morgan fingerprint density at radius 3 is 2.33 bits per heavy atom. The first kappa shape index (κ1) is 10.8. The third-order valence-corrected chi connectivity index (χ3v) is 1.54. The highest BCUT2D eigenvalue weighted by molar-refractivity contribution is 5.27. The van der Waals surface area contributed by atoms with Crippen molar-refractivity contribution < 1.29 is 0 Å². The average molecular weight is 163 g/mol. The highest BCUT2D eigenvalue weighted by Gasteiger charge is 1.93. The van der Waals surface area contributed by atoms with Crippen LogP contribution < -0.4 is 5.73 Å². The molecule has 0 unspecified atom stereocenters. The number of hydrogen-bond donors (Lipinski definition) is 1. The lowest BCUT2D eigenvalue weighted by Gasteiger charge is -2.02. The Balaban J connectivity index is 4.16. The molecule has 2 N–H and O–H groups in total. The Kier molecular flexibility index (Phi) is 4.86. The summed E-state index contributed by atoms with van der Waals surface area (Å²) in [6.07, 6.45) is 7.19. The molecule has 0 saturated carbocycles. The molecule has 1 heteroatoms. The minimum absolute atomic E-state index is 0.470. The fourth-order valence-electron chi connectivity index (χ4n) is 0.587. The van der Waals surface area contributed by atoms with Gasteiger partial charge in [-0.05, 0) is 18.1 Å². The van der Waals surface area contributed by atoms with Gasteiger partial charge in [0, 0.05) is 5.70 Å². The molecule has 0 aliphatic heterocycles. The highest BCUT2D eigenvalue weighted by atomic mass is 14.5. The van der Waals surface area contributed by atoms with E-state index in [9.17, 15) is 0 Å². The molecule has 0 aromatic rings. The zero-order chi connectivity index (χ0) is 9.56. The number of nitrogens with two attached hydrogens (primary N) is 1. The summed E-state index contributed by atoms with van der Waals surface area (Å²) in [5.41, 5.74) is 7.37. The topological polar surface area (TPSA) is 26.0 Å². The van der Waals surface area contributed by atoms with Gasteiger partial charge in [-0.2, -0.15) is 0 Å². The Morgan fingerprint density at radius 2 is 1.92 bits per heavy atom. The molecule has 66 valence electrons. The van der Waals surface area contributed by atoms with Crippen molar-refractivity contribution in [3.8, 4) is 0 Å². The number of rotatable bonds is 4. The van der Waals surface area contributed by atoms with E-state index in [-0.39, 0.29) is 0 Å². The molecule has 1 nitrogen and oxygen atoms in total. The van der Waals surface area contributed by atoms with E-state index in [1.54, 1.807) is 12.2 Å². The van der Waals surface area contributed by atoms with Gasteiger partial charge >= 0.3 is 0 Å². The van der Waals surface area contributed by atoms with E-state index in [4.69, 9.17) is 5.73 Å². The highest BCUT2D eigenvalue weighted by Crippen LogP contribution is 2.08. The van der Waals surface area contributed by atoms with Crippen molar-refractivity contribution in [2.45, 2.75) is 13.8 Å². The first-order valence-corrected chi connectivity index (χ1v) is 4.03. The van der Waals surface area contributed by atoms with Gasteiger partial charge in [0.1, 0.15) is 0 Å². The molecule has 0 aromatic heterocycles. The molecule has 0 rings (SSSR count). The quantitative estimate of drug-likeness (QED) is 0.634. The molecule has 0 spiro atoms. The van der Waals surface area contributed by atoms with Crippen LogP contribution in [0.1, 0.15) is 13.8 Å². The van der Waals surface area contributed by atoms with Gasteiger partial charge in [0.05, 0.1) is 0 Å². The van der Waals surface area contributed by atoms with Crippen molar-refractivity contribution >= 4 is 0 Å². The Morgan fingerprint density at radius 1 is 1.33 bits per heavy atom. The summed E-state index contributed by atoms with van der Waals surface area (Å²) < 4.78 is 0. The third-order valence-electron chi connectivity index (χ3n) is 1.54. The van der Waals surface area contributed by atoms with Crippen molar-refractivity contribution in [3.63, 3.8) is 0 Å². The van der Waals surface area contributed by atoms with E-state index in [0.29, 0.717) is 11.6 Å². The summed E-state index contributed by atoms with van der Waals surface area (Å²) in [5.74, 6) is 0.470. The van der Waals surface area contributed by atoms with Crippen LogP contribution >= 0.6 is 0 Å². The van der Waals surface area contributed by atoms with Crippen molar-refractivity contribution in [2.75, 3.05) is 0 Å². The Hall–Kier alpha value is -1.24. The largest absolute Gasteiger partial charge is 0.399 e. The van der Waals surface area contributed by atoms with Gasteiger partial charge < -0.3 is 5.73 Å². The zero-order valence-electron chi connectivity index (χ0n) is 7.88. The average Bonchev–Trinajstić information content (AvgIpc) is 2.00. The summed E-state index contributed by atoms with van der Waals surface area (Å²) in [4.78, 5) is 0. The Labute approximate surface area is 75.0 Å². The third kappa shape index (κ3) is 4.56. The van der Waals surface area contributed by atoms with E-state index >= 15 is 0 Å². The number of hydrogen-bond acceptors (Lipinski definition) is 1. The lowest BCUT2D eigenvalue weighted by molar-refractivity contribution is 0.795. The number of allylic oxidation sites excluding steroid dienone is 5. The minimum atomic E-state index is 0.470. The minimum Gasteiger partial charge on any atom is -0.399 e. The van der Waals surface area contributed by atoms with Crippen molar-refractivity contribution in [1.82, 2.24) is 0 Å². The van der Waals surface area contributed by atoms with E-state index in [1.165, 1.54) is 0 Å². The van der Waals surface area contributed by atoms with Gasteiger partial charge in [0.2, 0.25) is 0 Å². The lowest BCUT2D eigenvalue weighted by atomic mass is 10.1. The second-order valence-corrected chi connectivity index (χ2v) is 2.97. The van der Waals surface area contributed by atoms with E-state index in [1.807, 2.05) is 12.2 Å². The van der Waals surface area contributed by atoms with Crippen LogP contribution in [0, 0.1) is 5.92 Å². The predicted octanol–water partition coefficient (Wildman–Crippen LogP) is 2.78. The maximum absolute atomic E-state index is 5.59. The first-order valence-electron chi connectivity index (χ1n) is 4.03. The van der Waals surface area contributed by atoms with Crippen molar-refractivity contribution in [2.24, 2.45) is 11.7 Å². The van der Waals surface area contributed by atoms with Crippen LogP contribution in [0.25, 0.3) is 0 Å². The zero-order valence-corrected chi connectivity index (χ0v) is 7.88. The molecule has 0 aliphatic carbocycles. The van der Waals surface area contributed by atoms with Crippen LogP contribution in [0.5, 0.6) is 0 Å². The molecular weight excluding hydrogens is 146 g/mol. The summed E-state index contributed by atoms with van der Waals surface area (Å²) >= 11 is 0. The molecule has 0 fully saturated rings. The van der Waals surface area contributed by atoms with Gasteiger partial charge in [0.25, 0.3) is 0 Å². The smallest absolute Gasteiger partial charge is 0.0313 e. The van der Waals surface area contributed by atoms with Gasteiger partial charge in [0.15, 0.2) is 0 Å². The molecule has 12 heavy (non-hydrogen) atoms. The standard InChI is InChI=1S/C11H17N/c1-5-6-11(12)8-7-10(4)9(2)3/h5-9H,1,4,12H2,2-3H3/b8-7-,11-6+. The van der Waals surface area contributed by atoms with Crippen LogP contribution in [0.15, 0.2) is 48.7 Å². The molecule has 0 bridgehead atoms. The predicted molar refractivity (Wildman–Crippen MR) is 55.6 cm³/mol. The summed E-state index contributed by atoms with van der Waals surface area (Å²) in [5, 5.41) is 0. The van der Waals surface area contributed by atoms with Crippen LogP contribution in [0.4, 0.5) is 0 Å². The van der Waals surface area contributed by atoms with Gasteiger partial charge in [-0.15, -0.1) is 0 Å². The normalized spacial score (nSPS) is 12.4. The van der Waals surface area contributed by atoms with Gasteiger partial charge in [-0.25, -0.2) is 0 Å². The molecule has 0 aromatic carbocycles. The molecule has 0 amide bonds. The summed E-state index contributed by atoms with van der Waals surface area (Å²) in [6, 6.07) is 0. The second-order valence-electron chi connectivity index (χ2n) is 2.97. The van der Waals surface area contributed by atoms with E-state index in [0.717, 1.165) is 5.57 Å². The molecule has 0 radical (unpaired) electrons. The lowest BCUT2D eigenvalue weighted by Crippen LogP contribution is -1.93. The molecular formula is C11H17N. The second kappa shape index (κ2) is 5.42. The maximum Gasteiger partial charge on any atom is 0.0313 e. The molecule has 0 atom stereocenters. The van der Waals surface area contributed by atoms with E-state index in [2.05, 4.69) is 27.0 Å². The van der Waals surface area contributed by atoms with Crippen LogP contribution in [0.2, 0.25) is 0 Å². The van der Waals surface area contributed by atoms with Gasteiger partial charge in [-0.3, -0.25) is 0 Å². The first-order chi connectivity index (χ1) is 5.57. The van der Waals surface area contributed by atoms with Crippen molar-refractivity contribution in [3.05, 3.63) is 48.7 Å². The monoisotopic (exact) mass is 163 g/mol. The summed E-state index contributed by atoms with van der Waals surface area (Å²) in [6.45, 7) is 11.6. The maximum atomic E-state index is 5.59. The molecule has 0 saturated heterocycles. The fourth-order valence-corrected chi connectivity index (χ4v) is 0.587. The van der Waals surface area contributed by atoms with Crippen LogP contribution in [-0.2, 0) is 0 Å². The van der Waals surface area contributed by atoms with Crippen molar-refractivity contribution in [1.29, 1.82) is 0 Å². The summed E-state index contributed by atoms with van der Waals surface area (Å²) in [7, 11) is 0. The Bertz CT molecular complexity index is 219.